The maximum absolute atomic E-state index is 3.81. The van der Waals surface area contributed by atoms with E-state index in [9.17, 15) is 0 Å². The van der Waals surface area contributed by atoms with Crippen molar-refractivity contribution < 1.29 is 0 Å². The summed E-state index contributed by atoms with van der Waals surface area (Å²) in [5.41, 5.74) is 0. The molecule has 0 saturated heterocycles. The predicted molar refractivity (Wildman–Crippen MR) is 72.7 cm³/mol. The lowest BCUT2D eigenvalue weighted by Gasteiger charge is -2.35. The minimum absolute atomic E-state index is 0.806. The highest BCUT2D eigenvalue weighted by molar-refractivity contribution is 4.82. The van der Waals surface area contributed by atoms with Gasteiger partial charge >= 0.3 is 0 Å². The SMILES string of the molecule is CC(C)CCCNC1CCCCC1C(C)C. The van der Waals surface area contributed by atoms with Crippen LogP contribution in [-0.2, 0) is 0 Å². The third kappa shape index (κ3) is 4.86. The molecule has 96 valence electrons. The van der Waals surface area contributed by atoms with E-state index < -0.39 is 0 Å². The number of hydrogen-bond donors (Lipinski definition) is 1. The largest absolute Gasteiger partial charge is 0.314 e. The Balaban J connectivity index is 2.22. The molecule has 1 rings (SSSR count). The second-order valence-corrected chi connectivity index (χ2v) is 6.29. The zero-order chi connectivity index (χ0) is 12.0. The van der Waals surface area contributed by atoms with Gasteiger partial charge in [0.05, 0.1) is 0 Å². The monoisotopic (exact) mass is 225 g/mol. The van der Waals surface area contributed by atoms with E-state index in [4.69, 9.17) is 0 Å². The molecule has 0 amide bonds. The van der Waals surface area contributed by atoms with Gasteiger partial charge in [-0.1, -0.05) is 40.5 Å². The molecular formula is C15H31N. The van der Waals surface area contributed by atoms with Crippen LogP contribution in [0.25, 0.3) is 0 Å². The van der Waals surface area contributed by atoms with Crippen LogP contribution in [0.4, 0.5) is 0 Å². The molecule has 0 spiro atoms. The molecule has 0 bridgehead atoms. The van der Waals surface area contributed by atoms with Gasteiger partial charge < -0.3 is 5.32 Å². The summed E-state index contributed by atoms with van der Waals surface area (Å²) in [7, 11) is 0. The fourth-order valence-corrected chi connectivity index (χ4v) is 3.01. The Morgan fingerprint density at radius 2 is 1.75 bits per heavy atom. The number of hydrogen-bond acceptors (Lipinski definition) is 1. The molecule has 1 saturated carbocycles. The molecular weight excluding hydrogens is 194 g/mol. The van der Waals surface area contributed by atoms with E-state index in [0.29, 0.717) is 0 Å². The molecule has 16 heavy (non-hydrogen) atoms. The van der Waals surface area contributed by atoms with Gasteiger partial charge in [-0.15, -0.1) is 0 Å². The molecule has 0 aliphatic heterocycles. The summed E-state index contributed by atoms with van der Waals surface area (Å²) in [5.74, 6) is 2.63. The number of rotatable bonds is 6. The average molecular weight is 225 g/mol. The van der Waals surface area contributed by atoms with E-state index in [-0.39, 0.29) is 0 Å². The summed E-state index contributed by atoms with van der Waals surface area (Å²) in [6.07, 6.45) is 8.45. The van der Waals surface area contributed by atoms with Crippen LogP contribution in [0.1, 0.15) is 66.2 Å². The first kappa shape index (κ1) is 14.0. The standard InChI is InChI=1S/C15H31N/c1-12(2)8-7-11-16-15-10-6-5-9-14(15)13(3)4/h12-16H,5-11H2,1-4H3. The van der Waals surface area contributed by atoms with Crippen molar-refractivity contribution in [2.24, 2.45) is 17.8 Å². The van der Waals surface area contributed by atoms with Crippen molar-refractivity contribution in [2.75, 3.05) is 6.54 Å². The molecule has 0 aromatic heterocycles. The molecule has 1 nitrogen and oxygen atoms in total. The van der Waals surface area contributed by atoms with Gasteiger partial charge in [-0.3, -0.25) is 0 Å². The molecule has 1 aliphatic carbocycles. The van der Waals surface area contributed by atoms with E-state index in [2.05, 4.69) is 33.0 Å². The summed E-state index contributed by atoms with van der Waals surface area (Å²) in [6, 6.07) is 0.806. The van der Waals surface area contributed by atoms with Gasteiger partial charge in [-0.05, 0) is 50.0 Å². The smallest absolute Gasteiger partial charge is 0.00977 e. The van der Waals surface area contributed by atoms with E-state index in [1.165, 1.54) is 45.1 Å². The minimum Gasteiger partial charge on any atom is -0.314 e. The topological polar surface area (TPSA) is 12.0 Å². The minimum atomic E-state index is 0.806. The van der Waals surface area contributed by atoms with E-state index >= 15 is 0 Å². The summed E-state index contributed by atoms with van der Waals surface area (Å²) in [4.78, 5) is 0. The highest BCUT2D eigenvalue weighted by atomic mass is 14.9. The number of nitrogens with one attached hydrogen (secondary N) is 1. The van der Waals surface area contributed by atoms with Crippen molar-refractivity contribution in [3.8, 4) is 0 Å². The van der Waals surface area contributed by atoms with E-state index in [1.807, 2.05) is 0 Å². The maximum Gasteiger partial charge on any atom is 0.00977 e. The third-order valence-corrected chi connectivity index (χ3v) is 4.04. The fourth-order valence-electron chi connectivity index (χ4n) is 3.01. The van der Waals surface area contributed by atoms with Crippen LogP contribution in [0.3, 0.4) is 0 Å². The van der Waals surface area contributed by atoms with Crippen LogP contribution in [0.2, 0.25) is 0 Å². The van der Waals surface area contributed by atoms with Gasteiger partial charge in [0.15, 0.2) is 0 Å². The third-order valence-electron chi connectivity index (χ3n) is 4.04. The zero-order valence-corrected chi connectivity index (χ0v) is 11.8. The Morgan fingerprint density at radius 3 is 2.38 bits per heavy atom. The van der Waals surface area contributed by atoms with Gasteiger partial charge in [0.2, 0.25) is 0 Å². The molecule has 0 radical (unpaired) electrons. The van der Waals surface area contributed by atoms with Crippen LogP contribution in [-0.4, -0.2) is 12.6 Å². The Kier molecular flexibility index (Phi) is 6.41. The second-order valence-electron chi connectivity index (χ2n) is 6.29. The highest BCUT2D eigenvalue weighted by Crippen LogP contribution is 2.30. The first-order valence-corrected chi connectivity index (χ1v) is 7.34. The molecule has 1 heteroatoms. The van der Waals surface area contributed by atoms with Crippen molar-refractivity contribution in [1.82, 2.24) is 5.32 Å². The Hall–Kier alpha value is -0.0400. The lowest BCUT2D eigenvalue weighted by atomic mass is 9.78. The molecule has 2 atom stereocenters. The van der Waals surface area contributed by atoms with Gasteiger partial charge in [0, 0.05) is 6.04 Å². The molecule has 0 heterocycles. The van der Waals surface area contributed by atoms with Crippen LogP contribution in [0.5, 0.6) is 0 Å². The van der Waals surface area contributed by atoms with Crippen LogP contribution >= 0.6 is 0 Å². The Labute approximate surface area is 102 Å². The van der Waals surface area contributed by atoms with Crippen molar-refractivity contribution >= 4 is 0 Å². The fraction of sp³-hybridized carbons (Fsp3) is 1.00. The molecule has 0 aromatic carbocycles. The van der Waals surface area contributed by atoms with Crippen molar-refractivity contribution in [1.29, 1.82) is 0 Å². The van der Waals surface area contributed by atoms with Gasteiger partial charge in [-0.25, -0.2) is 0 Å². The van der Waals surface area contributed by atoms with Gasteiger partial charge in [-0.2, -0.15) is 0 Å². The molecule has 1 aliphatic rings. The molecule has 1 N–H and O–H groups in total. The first-order valence-electron chi connectivity index (χ1n) is 7.34. The van der Waals surface area contributed by atoms with Crippen LogP contribution in [0.15, 0.2) is 0 Å². The summed E-state index contributed by atoms with van der Waals surface area (Å²) < 4.78 is 0. The van der Waals surface area contributed by atoms with E-state index in [1.54, 1.807) is 0 Å². The summed E-state index contributed by atoms with van der Waals surface area (Å²) >= 11 is 0. The lowest BCUT2D eigenvalue weighted by molar-refractivity contribution is 0.205. The van der Waals surface area contributed by atoms with E-state index in [0.717, 1.165) is 23.8 Å². The lowest BCUT2D eigenvalue weighted by Crippen LogP contribution is -2.41. The molecule has 2 unspecified atom stereocenters. The maximum atomic E-state index is 3.81. The molecule has 1 fully saturated rings. The quantitative estimate of drug-likeness (QED) is 0.667. The van der Waals surface area contributed by atoms with Gasteiger partial charge in [0.25, 0.3) is 0 Å². The Morgan fingerprint density at radius 1 is 1.06 bits per heavy atom. The van der Waals surface area contributed by atoms with Crippen LogP contribution < -0.4 is 5.32 Å². The van der Waals surface area contributed by atoms with Crippen molar-refractivity contribution in [3.05, 3.63) is 0 Å². The predicted octanol–water partition coefficient (Wildman–Crippen LogP) is 4.23. The zero-order valence-electron chi connectivity index (χ0n) is 11.8. The van der Waals surface area contributed by atoms with Crippen LogP contribution in [0, 0.1) is 17.8 Å². The summed E-state index contributed by atoms with van der Waals surface area (Å²) in [6.45, 7) is 10.6. The van der Waals surface area contributed by atoms with Crippen molar-refractivity contribution in [2.45, 2.75) is 72.3 Å². The summed E-state index contributed by atoms with van der Waals surface area (Å²) in [5, 5.41) is 3.81. The average Bonchev–Trinajstić information content (AvgIpc) is 2.24. The second kappa shape index (κ2) is 7.32. The Bertz CT molecular complexity index is 174. The molecule has 0 aromatic rings. The van der Waals surface area contributed by atoms with Crippen molar-refractivity contribution in [3.63, 3.8) is 0 Å². The van der Waals surface area contributed by atoms with Gasteiger partial charge in [0.1, 0.15) is 0 Å². The normalized spacial score (nSPS) is 26.6. The highest BCUT2D eigenvalue weighted by Gasteiger charge is 2.26. The first-order chi connectivity index (χ1) is 7.61.